The van der Waals surface area contributed by atoms with Crippen LogP contribution in [0.25, 0.3) is 0 Å². The van der Waals surface area contributed by atoms with Gasteiger partial charge in [0.25, 0.3) is 0 Å². The lowest BCUT2D eigenvalue weighted by Gasteiger charge is -2.13. The van der Waals surface area contributed by atoms with E-state index in [-0.39, 0.29) is 0 Å². The minimum atomic E-state index is 0.648. The van der Waals surface area contributed by atoms with Crippen molar-refractivity contribution in [2.75, 3.05) is 0 Å². The second kappa shape index (κ2) is 2.90. The van der Waals surface area contributed by atoms with Gasteiger partial charge in [-0.1, -0.05) is 32.9 Å². The van der Waals surface area contributed by atoms with Crippen LogP contribution < -0.4 is 0 Å². The Bertz CT molecular complexity index is 200. The summed E-state index contributed by atoms with van der Waals surface area (Å²) >= 11 is 0. The van der Waals surface area contributed by atoms with Gasteiger partial charge in [0, 0.05) is 0 Å². The highest BCUT2D eigenvalue weighted by atomic mass is 14.1. The summed E-state index contributed by atoms with van der Waals surface area (Å²) in [6.07, 6.45) is 6.17. The lowest BCUT2D eigenvalue weighted by Crippen LogP contribution is -2.04. The Kier molecular flexibility index (Phi) is 2.13. The van der Waals surface area contributed by atoms with Gasteiger partial charge in [-0.2, -0.15) is 0 Å². The first kappa shape index (κ1) is 7.37. The van der Waals surface area contributed by atoms with E-state index in [0.717, 1.165) is 5.92 Å². The van der Waals surface area contributed by atoms with Crippen LogP contribution >= 0.6 is 0 Å². The van der Waals surface area contributed by atoms with Gasteiger partial charge in [0.2, 0.25) is 0 Å². The molecule has 0 aliphatic heterocycles. The molecule has 0 nitrogen and oxygen atoms in total. The van der Waals surface area contributed by atoms with Gasteiger partial charge in [-0.05, 0) is 23.5 Å². The topological polar surface area (TPSA) is 0 Å². The van der Waals surface area contributed by atoms with E-state index in [4.69, 9.17) is 0 Å². The molecule has 0 fully saturated rings. The number of rotatable bonds is 2. The summed E-state index contributed by atoms with van der Waals surface area (Å²) < 4.78 is 0. The molecule has 0 aromatic rings. The van der Waals surface area contributed by atoms with Gasteiger partial charge in [-0.25, -0.2) is 0 Å². The second-order valence-electron chi connectivity index (χ2n) is 3.16. The zero-order valence-corrected chi connectivity index (χ0v) is 6.89. The van der Waals surface area contributed by atoms with E-state index in [0.29, 0.717) is 5.92 Å². The fourth-order valence-electron chi connectivity index (χ4n) is 0.987. The highest BCUT2D eigenvalue weighted by Gasteiger charge is 2.10. The summed E-state index contributed by atoms with van der Waals surface area (Å²) in [6, 6.07) is 0. The fraction of sp³-hybridized carbons (Fsp3) is 0.500. The first-order valence-corrected chi connectivity index (χ1v) is 3.85. The van der Waals surface area contributed by atoms with E-state index in [2.05, 4.69) is 32.6 Å². The van der Waals surface area contributed by atoms with E-state index >= 15 is 0 Å². The summed E-state index contributed by atoms with van der Waals surface area (Å²) in [5.41, 5.74) is 4.56. The van der Waals surface area contributed by atoms with Crippen molar-refractivity contribution in [3.05, 3.63) is 29.5 Å². The van der Waals surface area contributed by atoms with Crippen LogP contribution in [0.5, 0.6) is 0 Å². The van der Waals surface area contributed by atoms with Gasteiger partial charge in [-0.15, -0.1) is 5.73 Å². The molecule has 0 heterocycles. The van der Waals surface area contributed by atoms with Crippen molar-refractivity contribution in [1.82, 2.24) is 0 Å². The molecule has 0 radical (unpaired) electrons. The van der Waals surface area contributed by atoms with Crippen LogP contribution in [0, 0.1) is 11.8 Å². The lowest BCUT2D eigenvalue weighted by molar-refractivity contribution is 0.489. The third kappa shape index (κ3) is 1.40. The Hall–Kier alpha value is -0.740. The van der Waals surface area contributed by atoms with Crippen molar-refractivity contribution in [2.45, 2.75) is 20.8 Å². The van der Waals surface area contributed by atoms with Gasteiger partial charge in [-0.3, -0.25) is 0 Å². The third-order valence-electron chi connectivity index (χ3n) is 2.11. The summed E-state index contributed by atoms with van der Waals surface area (Å²) in [4.78, 5) is 0. The van der Waals surface area contributed by atoms with E-state index < -0.39 is 0 Å². The fourth-order valence-corrected chi connectivity index (χ4v) is 0.987. The molecule has 10 heavy (non-hydrogen) atoms. The molecule has 0 heteroatoms. The van der Waals surface area contributed by atoms with Crippen molar-refractivity contribution in [1.29, 1.82) is 0 Å². The summed E-state index contributed by atoms with van der Waals surface area (Å²) in [6.45, 7) is 6.73. The van der Waals surface area contributed by atoms with Gasteiger partial charge < -0.3 is 0 Å². The van der Waals surface area contributed by atoms with E-state index in [1.807, 2.05) is 12.2 Å². The van der Waals surface area contributed by atoms with Crippen molar-refractivity contribution in [3.63, 3.8) is 0 Å². The molecule has 1 aliphatic carbocycles. The molecule has 1 rings (SSSR count). The Morgan fingerprint density at radius 2 is 2.00 bits per heavy atom. The SMILES string of the molecule is CC(C)[C@H](C)C1=C=CC=C1. The molecule has 0 aromatic carbocycles. The molecular formula is C10H14. The van der Waals surface area contributed by atoms with Crippen LogP contribution in [0.2, 0.25) is 0 Å². The van der Waals surface area contributed by atoms with Crippen LogP contribution in [0.3, 0.4) is 0 Å². The van der Waals surface area contributed by atoms with Gasteiger partial charge in [0.05, 0.1) is 0 Å². The van der Waals surface area contributed by atoms with Crippen molar-refractivity contribution in [3.8, 4) is 0 Å². The van der Waals surface area contributed by atoms with E-state index in [1.165, 1.54) is 5.57 Å². The molecule has 0 N–H and O–H groups in total. The van der Waals surface area contributed by atoms with Crippen LogP contribution in [-0.2, 0) is 0 Å². The Morgan fingerprint density at radius 3 is 2.40 bits per heavy atom. The largest absolute Gasteiger partial charge is 0.117 e. The quantitative estimate of drug-likeness (QED) is 0.509. The van der Waals surface area contributed by atoms with Gasteiger partial charge in [0.1, 0.15) is 0 Å². The normalized spacial score (nSPS) is 18.2. The zero-order valence-electron chi connectivity index (χ0n) is 6.89. The smallest absolute Gasteiger partial charge is 0.00294 e. The summed E-state index contributed by atoms with van der Waals surface area (Å²) in [7, 11) is 0. The highest BCUT2D eigenvalue weighted by molar-refractivity contribution is 5.30. The Labute approximate surface area is 62.9 Å². The molecule has 0 saturated carbocycles. The summed E-state index contributed by atoms with van der Waals surface area (Å²) in [5.74, 6) is 1.37. The molecule has 0 amide bonds. The zero-order chi connectivity index (χ0) is 7.56. The maximum atomic E-state index is 3.22. The van der Waals surface area contributed by atoms with Crippen LogP contribution in [-0.4, -0.2) is 0 Å². The highest BCUT2D eigenvalue weighted by Crippen LogP contribution is 2.21. The van der Waals surface area contributed by atoms with Crippen molar-refractivity contribution < 1.29 is 0 Å². The Morgan fingerprint density at radius 1 is 1.30 bits per heavy atom. The van der Waals surface area contributed by atoms with Crippen molar-refractivity contribution in [2.24, 2.45) is 11.8 Å². The molecule has 54 valence electrons. The lowest BCUT2D eigenvalue weighted by atomic mass is 9.91. The number of hydrogen-bond acceptors (Lipinski definition) is 0. The minimum absolute atomic E-state index is 0.648. The standard InChI is InChI=1S/C10H14/c1-8(2)9(3)10-6-4-5-7-10/h4-6,8-9H,1-3H3/t9-/m0/s1. The van der Waals surface area contributed by atoms with Crippen molar-refractivity contribution >= 4 is 0 Å². The molecule has 0 unspecified atom stereocenters. The minimum Gasteiger partial charge on any atom is -0.117 e. The monoisotopic (exact) mass is 134 g/mol. The maximum Gasteiger partial charge on any atom is -0.00294 e. The molecule has 0 spiro atoms. The molecule has 1 aliphatic rings. The second-order valence-corrected chi connectivity index (χ2v) is 3.16. The molecule has 0 saturated heterocycles. The molecular weight excluding hydrogens is 120 g/mol. The number of hydrogen-bond donors (Lipinski definition) is 0. The molecule has 0 bridgehead atoms. The molecule has 1 atom stereocenters. The van der Waals surface area contributed by atoms with E-state index in [9.17, 15) is 0 Å². The van der Waals surface area contributed by atoms with Crippen LogP contribution in [0.15, 0.2) is 29.5 Å². The van der Waals surface area contributed by atoms with Crippen LogP contribution in [0.1, 0.15) is 20.8 Å². The van der Waals surface area contributed by atoms with Gasteiger partial charge >= 0.3 is 0 Å². The van der Waals surface area contributed by atoms with Crippen LogP contribution in [0.4, 0.5) is 0 Å². The predicted octanol–water partition coefficient (Wildman–Crippen LogP) is 2.93. The average molecular weight is 134 g/mol. The average Bonchev–Trinajstić information content (AvgIpc) is 2.36. The Balaban J connectivity index is 2.66. The first-order chi connectivity index (χ1) is 4.72. The predicted molar refractivity (Wildman–Crippen MR) is 44.7 cm³/mol. The molecule has 0 aromatic heterocycles. The van der Waals surface area contributed by atoms with E-state index in [1.54, 1.807) is 0 Å². The van der Waals surface area contributed by atoms with Gasteiger partial charge in [0.15, 0.2) is 0 Å². The number of allylic oxidation sites excluding steroid dienone is 3. The maximum absolute atomic E-state index is 3.22. The summed E-state index contributed by atoms with van der Waals surface area (Å²) in [5, 5.41) is 0. The third-order valence-corrected chi connectivity index (χ3v) is 2.11. The first-order valence-electron chi connectivity index (χ1n) is 3.85.